The number of nitrogens with zero attached hydrogens (tertiary/aromatic N) is 2. The molecule has 0 aliphatic heterocycles. The van der Waals surface area contributed by atoms with E-state index >= 15 is 0 Å². The first kappa shape index (κ1) is 10.7. The highest BCUT2D eigenvalue weighted by Crippen LogP contribution is 2.23. The number of nitro benzene ring substituents is 1. The molecular weight excluding hydrogens is 204 g/mol. The molecule has 0 aromatic heterocycles. The van der Waals surface area contributed by atoms with Gasteiger partial charge in [0.25, 0.3) is 5.69 Å². The molecule has 0 bridgehead atoms. The first-order valence-electron chi connectivity index (χ1n) is 3.94. The van der Waals surface area contributed by atoms with Gasteiger partial charge in [-0.05, 0) is 19.1 Å². The zero-order valence-electron chi connectivity index (χ0n) is 7.82. The second-order valence-corrected chi connectivity index (χ2v) is 3.16. The van der Waals surface area contributed by atoms with Gasteiger partial charge in [-0.15, -0.1) is 0 Å². The van der Waals surface area contributed by atoms with Crippen LogP contribution in [0.2, 0.25) is 5.02 Å². The van der Waals surface area contributed by atoms with Crippen molar-refractivity contribution in [3.05, 3.63) is 38.9 Å². The molecule has 0 saturated carbocycles. The van der Waals surface area contributed by atoms with E-state index in [9.17, 15) is 10.1 Å². The minimum atomic E-state index is -0.444. The van der Waals surface area contributed by atoms with Crippen molar-refractivity contribution >= 4 is 23.0 Å². The van der Waals surface area contributed by atoms with Crippen molar-refractivity contribution in [2.24, 2.45) is 4.99 Å². The van der Waals surface area contributed by atoms with Crippen LogP contribution in [-0.4, -0.2) is 17.7 Å². The molecule has 1 aromatic rings. The normalized spacial score (nSPS) is 11.5. The Morgan fingerprint density at radius 2 is 2.21 bits per heavy atom. The van der Waals surface area contributed by atoms with Gasteiger partial charge in [0.05, 0.1) is 10.5 Å². The molecular formula is C9H9ClN2O2. The van der Waals surface area contributed by atoms with Crippen LogP contribution in [0.3, 0.4) is 0 Å². The van der Waals surface area contributed by atoms with Crippen LogP contribution in [0.1, 0.15) is 12.5 Å². The number of aliphatic imine (C=N–C) groups is 1. The monoisotopic (exact) mass is 212 g/mol. The zero-order chi connectivity index (χ0) is 10.7. The van der Waals surface area contributed by atoms with E-state index in [1.165, 1.54) is 12.1 Å². The largest absolute Gasteiger partial charge is 0.293 e. The molecule has 4 nitrogen and oxygen atoms in total. The van der Waals surface area contributed by atoms with E-state index in [2.05, 4.69) is 4.99 Å². The summed E-state index contributed by atoms with van der Waals surface area (Å²) in [5.74, 6) is 0. The summed E-state index contributed by atoms with van der Waals surface area (Å²) in [5, 5.41) is 11.1. The predicted octanol–water partition coefficient (Wildman–Crippen LogP) is 2.69. The molecule has 1 rings (SSSR count). The lowest BCUT2D eigenvalue weighted by molar-refractivity contribution is -0.385. The highest BCUT2D eigenvalue weighted by atomic mass is 35.5. The third kappa shape index (κ3) is 2.09. The predicted molar refractivity (Wildman–Crippen MR) is 56.2 cm³/mol. The maximum Gasteiger partial charge on any atom is 0.278 e. The molecule has 0 fully saturated rings. The Kier molecular flexibility index (Phi) is 3.19. The lowest BCUT2D eigenvalue weighted by Crippen LogP contribution is -2.00. The number of benzene rings is 1. The van der Waals surface area contributed by atoms with E-state index in [4.69, 9.17) is 11.6 Å². The van der Waals surface area contributed by atoms with Crippen molar-refractivity contribution in [3.63, 3.8) is 0 Å². The van der Waals surface area contributed by atoms with Gasteiger partial charge in [0.2, 0.25) is 0 Å². The minimum Gasteiger partial charge on any atom is -0.293 e. The maximum absolute atomic E-state index is 10.7. The smallest absolute Gasteiger partial charge is 0.278 e. The Morgan fingerprint density at radius 3 is 2.71 bits per heavy atom. The summed E-state index contributed by atoms with van der Waals surface area (Å²) in [4.78, 5) is 14.1. The Labute approximate surface area is 86.4 Å². The molecule has 0 aliphatic rings. The van der Waals surface area contributed by atoms with Crippen LogP contribution < -0.4 is 0 Å². The van der Waals surface area contributed by atoms with E-state index in [1.807, 2.05) is 0 Å². The van der Waals surface area contributed by atoms with Gasteiger partial charge in [0.1, 0.15) is 0 Å². The van der Waals surface area contributed by atoms with Crippen LogP contribution in [-0.2, 0) is 0 Å². The molecule has 0 aliphatic carbocycles. The molecule has 0 unspecified atom stereocenters. The minimum absolute atomic E-state index is 0.0255. The highest BCUT2D eigenvalue weighted by molar-refractivity contribution is 6.31. The average molecular weight is 213 g/mol. The first-order valence-corrected chi connectivity index (χ1v) is 4.31. The maximum atomic E-state index is 10.7. The Bertz CT molecular complexity index is 402. The standard InChI is InChI=1S/C9H9ClN2O2/c1-6(11-2)8-5-7(10)3-4-9(8)12(13)14/h3-5H,1-2H3. The molecule has 74 valence electrons. The summed E-state index contributed by atoms with van der Waals surface area (Å²) < 4.78 is 0. The summed E-state index contributed by atoms with van der Waals surface area (Å²) in [6.45, 7) is 1.71. The second kappa shape index (κ2) is 4.19. The van der Waals surface area contributed by atoms with Gasteiger partial charge in [-0.1, -0.05) is 11.6 Å². The number of rotatable bonds is 2. The number of halogens is 1. The molecule has 14 heavy (non-hydrogen) atoms. The quantitative estimate of drug-likeness (QED) is 0.430. The molecule has 1 aromatic carbocycles. The third-order valence-corrected chi connectivity index (χ3v) is 2.12. The summed E-state index contributed by atoms with van der Waals surface area (Å²) in [6.07, 6.45) is 0. The first-order chi connectivity index (χ1) is 6.56. The summed E-state index contributed by atoms with van der Waals surface area (Å²) in [6, 6.07) is 4.42. The van der Waals surface area contributed by atoms with E-state index in [0.717, 1.165) is 0 Å². The molecule has 0 atom stereocenters. The van der Waals surface area contributed by atoms with Crippen molar-refractivity contribution in [3.8, 4) is 0 Å². The van der Waals surface area contributed by atoms with Crippen molar-refractivity contribution in [1.82, 2.24) is 0 Å². The van der Waals surface area contributed by atoms with Crippen molar-refractivity contribution in [2.45, 2.75) is 6.92 Å². The molecule has 0 amide bonds. The van der Waals surface area contributed by atoms with Gasteiger partial charge in [0.15, 0.2) is 0 Å². The van der Waals surface area contributed by atoms with E-state index in [1.54, 1.807) is 20.0 Å². The summed E-state index contributed by atoms with van der Waals surface area (Å²) >= 11 is 5.74. The topological polar surface area (TPSA) is 55.5 Å². The van der Waals surface area contributed by atoms with Gasteiger partial charge in [-0.3, -0.25) is 15.1 Å². The third-order valence-electron chi connectivity index (χ3n) is 1.88. The molecule has 0 N–H and O–H groups in total. The number of hydrogen-bond donors (Lipinski definition) is 0. The number of nitro groups is 1. The van der Waals surface area contributed by atoms with E-state index < -0.39 is 4.92 Å². The van der Waals surface area contributed by atoms with Gasteiger partial charge in [0, 0.05) is 23.8 Å². The fourth-order valence-electron chi connectivity index (χ4n) is 1.08. The molecule has 0 heterocycles. The van der Waals surface area contributed by atoms with Crippen molar-refractivity contribution in [2.75, 3.05) is 7.05 Å². The molecule has 0 radical (unpaired) electrons. The lowest BCUT2D eigenvalue weighted by Gasteiger charge is -2.01. The SMILES string of the molecule is CN=C(C)c1cc(Cl)ccc1[N+](=O)[O-]. The van der Waals surface area contributed by atoms with Gasteiger partial charge in [-0.2, -0.15) is 0 Å². The van der Waals surface area contributed by atoms with Crippen molar-refractivity contribution in [1.29, 1.82) is 0 Å². The van der Waals surface area contributed by atoms with Gasteiger partial charge in [-0.25, -0.2) is 0 Å². The molecule has 5 heteroatoms. The van der Waals surface area contributed by atoms with Crippen molar-refractivity contribution < 1.29 is 4.92 Å². The Hall–Kier alpha value is -1.42. The summed E-state index contributed by atoms with van der Waals surface area (Å²) in [5.41, 5.74) is 1.08. The van der Waals surface area contributed by atoms with Gasteiger partial charge < -0.3 is 0 Å². The average Bonchev–Trinajstić information content (AvgIpc) is 2.16. The summed E-state index contributed by atoms with van der Waals surface area (Å²) in [7, 11) is 1.58. The Morgan fingerprint density at radius 1 is 1.57 bits per heavy atom. The fourth-order valence-corrected chi connectivity index (χ4v) is 1.25. The van der Waals surface area contributed by atoms with Crippen LogP contribution in [0, 0.1) is 10.1 Å². The van der Waals surface area contributed by atoms with E-state index in [0.29, 0.717) is 16.3 Å². The zero-order valence-corrected chi connectivity index (χ0v) is 8.58. The van der Waals surface area contributed by atoms with E-state index in [-0.39, 0.29) is 5.69 Å². The fraction of sp³-hybridized carbons (Fsp3) is 0.222. The van der Waals surface area contributed by atoms with Crippen LogP contribution in [0.5, 0.6) is 0 Å². The van der Waals surface area contributed by atoms with Crippen LogP contribution in [0.4, 0.5) is 5.69 Å². The number of hydrogen-bond acceptors (Lipinski definition) is 3. The van der Waals surface area contributed by atoms with Crippen LogP contribution >= 0.6 is 11.6 Å². The molecule has 0 spiro atoms. The molecule has 0 saturated heterocycles. The lowest BCUT2D eigenvalue weighted by atomic mass is 10.1. The second-order valence-electron chi connectivity index (χ2n) is 2.73. The van der Waals surface area contributed by atoms with Crippen LogP contribution in [0.15, 0.2) is 23.2 Å². The van der Waals surface area contributed by atoms with Gasteiger partial charge >= 0.3 is 0 Å². The Balaban J connectivity index is 3.37. The highest BCUT2D eigenvalue weighted by Gasteiger charge is 2.15. The van der Waals surface area contributed by atoms with Crippen LogP contribution in [0.25, 0.3) is 0 Å².